The molecular weight excluding hydrogens is 546 g/mol. The Morgan fingerprint density at radius 3 is 2.32 bits per heavy atom. The number of hydrogen-bond acceptors (Lipinski definition) is 6. The van der Waals surface area contributed by atoms with Crippen molar-refractivity contribution >= 4 is 11.9 Å². The molecule has 5 rings (SSSR count). The molecule has 5 atom stereocenters. The van der Waals surface area contributed by atoms with Crippen LogP contribution in [0.5, 0.6) is 0 Å². The van der Waals surface area contributed by atoms with E-state index in [1.54, 1.807) is 0 Å². The Morgan fingerprint density at radius 1 is 0.977 bits per heavy atom. The van der Waals surface area contributed by atoms with Crippen LogP contribution >= 0.6 is 0 Å². The van der Waals surface area contributed by atoms with E-state index < -0.39 is 6.10 Å². The van der Waals surface area contributed by atoms with Gasteiger partial charge < -0.3 is 25.5 Å². The van der Waals surface area contributed by atoms with Crippen LogP contribution in [0.15, 0.2) is 35.3 Å². The number of nitrogens with two attached hydrogens (primary N) is 1. The highest BCUT2D eigenvalue weighted by Crippen LogP contribution is 2.40. The first kappa shape index (κ1) is 33.1. The van der Waals surface area contributed by atoms with Crippen molar-refractivity contribution in [2.45, 2.75) is 117 Å². The van der Waals surface area contributed by atoms with Gasteiger partial charge in [0.15, 0.2) is 11.9 Å². The third-order valence-corrected chi connectivity index (χ3v) is 11.4. The smallest absolute Gasteiger partial charge is 0.194 e. The number of rotatable bonds is 11. The minimum atomic E-state index is -0.478. The van der Waals surface area contributed by atoms with Crippen molar-refractivity contribution in [2.75, 3.05) is 39.3 Å². The van der Waals surface area contributed by atoms with Crippen molar-refractivity contribution in [1.82, 2.24) is 19.6 Å². The summed E-state index contributed by atoms with van der Waals surface area (Å²) in [6.07, 6.45) is 7.77. The summed E-state index contributed by atoms with van der Waals surface area (Å²) in [6.45, 7) is 18.9. The van der Waals surface area contributed by atoms with Crippen LogP contribution in [0.4, 0.5) is 0 Å². The van der Waals surface area contributed by atoms with Crippen molar-refractivity contribution in [3.63, 3.8) is 0 Å². The molecule has 1 aromatic carbocycles. The van der Waals surface area contributed by atoms with Crippen molar-refractivity contribution in [3.8, 4) is 0 Å². The number of aliphatic imine (C=N–C) groups is 1. The maximum Gasteiger partial charge on any atom is 0.194 e. The molecule has 3 fully saturated rings. The van der Waals surface area contributed by atoms with Crippen LogP contribution in [0, 0.1) is 28.6 Å². The largest absolute Gasteiger partial charge is 0.391 e. The van der Waals surface area contributed by atoms with Gasteiger partial charge in [-0.3, -0.25) is 15.3 Å². The molecule has 4 aliphatic rings. The number of likely N-dealkylation sites (tertiary alicyclic amines) is 1. The highest BCUT2D eigenvalue weighted by molar-refractivity contribution is 5.80. The van der Waals surface area contributed by atoms with Crippen molar-refractivity contribution < 1.29 is 5.11 Å². The predicted molar refractivity (Wildman–Crippen MR) is 182 cm³/mol. The summed E-state index contributed by atoms with van der Waals surface area (Å²) in [5.41, 5.74) is 8.08. The molecule has 3 heterocycles. The molecule has 3 aliphatic heterocycles. The lowest BCUT2D eigenvalue weighted by Crippen LogP contribution is -2.53. The number of nitrogens with one attached hydrogen (secondary N) is 1. The molecule has 8 nitrogen and oxygen atoms in total. The van der Waals surface area contributed by atoms with Gasteiger partial charge in [-0.05, 0) is 87.1 Å². The second-order valence-electron chi connectivity index (χ2n) is 15.8. The van der Waals surface area contributed by atoms with Gasteiger partial charge in [0.2, 0.25) is 0 Å². The Bertz CT molecular complexity index is 1110. The van der Waals surface area contributed by atoms with E-state index in [2.05, 4.69) is 89.5 Å². The van der Waals surface area contributed by atoms with E-state index in [-0.39, 0.29) is 12.1 Å². The highest BCUT2D eigenvalue weighted by atomic mass is 16.3. The van der Waals surface area contributed by atoms with Gasteiger partial charge in [0.1, 0.15) is 0 Å². The van der Waals surface area contributed by atoms with Gasteiger partial charge in [0, 0.05) is 38.3 Å². The molecule has 2 saturated heterocycles. The number of benzene rings is 1. The standard InChI is InChI=1S/C36H61N7O/c1-25(2)32-20-39-34(37)42(32)23-30-13-10-18-40(30)22-31(19-27-11-8-7-9-12-27)41-24-33(26(3)44)43(35(41)38)21-28-14-16-29(17-15-28)36(4,5)6/h7-9,11-12,25-26,28-33,38,44H,10,13-24H2,1-6H3,(H2,37,39)/t26-,28?,29?,30-,31+,32-,33-/m0/s1. The molecule has 4 N–H and O–H groups in total. The summed E-state index contributed by atoms with van der Waals surface area (Å²) < 4.78 is 0. The number of nitrogens with zero attached hydrogens (tertiary/aromatic N) is 5. The van der Waals surface area contributed by atoms with E-state index in [1.807, 2.05) is 6.92 Å². The zero-order valence-electron chi connectivity index (χ0n) is 28.5. The third kappa shape index (κ3) is 7.55. The fraction of sp³-hybridized carbons (Fsp3) is 0.778. The van der Waals surface area contributed by atoms with Gasteiger partial charge in [0.25, 0.3) is 0 Å². The predicted octanol–water partition coefficient (Wildman–Crippen LogP) is 4.87. The lowest BCUT2D eigenvalue weighted by Gasteiger charge is -2.39. The second kappa shape index (κ2) is 14.0. The normalized spacial score (nSPS) is 30.0. The first-order valence-electron chi connectivity index (χ1n) is 17.6. The number of guanidine groups is 2. The Kier molecular flexibility index (Phi) is 10.5. The summed E-state index contributed by atoms with van der Waals surface area (Å²) in [5, 5.41) is 20.5. The minimum Gasteiger partial charge on any atom is -0.391 e. The summed E-state index contributed by atoms with van der Waals surface area (Å²) in [6, 6.07) is 11.7. The van der Waals surface area contributed by atoms with Gasteiger partial charge in [-0.25, -0.2) is 0 Å². The second-order valence-corrected chi connectivity index (χ2v) is 15.8. The maximum absolute atomic E-state index is 11.0. The average molecular weight is 608 g/mol. The summed E-state index contributed by atoms with van der Waals surface area (Å²) in [5.74, 6) is 3.19. The fourth-order valence-electron chi connectivity index (χ4n) is 8.50. The summed E-state index contributed by atoms with van der Waals surface area (Å²) >= 11 is 0. The van der Waals surface area contributed by atoms with Crippen LogP contribution in [-0.2, 0) is 6.42 Å². The zero-order valence-corrected chi connectivity index (χ0v) is 28.5. The van der Waals surface area contributed by atoms with E-state index >= 15 is 0 Å². The van der Waals surface area contributed by atoms with Crippen molar-refractivity contribution in [3.05, 3.63) is 35.9 Å². The number of hydrogen-bond donors (Lipinski definition) is 3. The van der Waals surface area contributed by atoms with E-state index in [1.165, 1.54) is 44.1 Å². The molecule has 0 radical (unpaired) electrons. The monoisotopic (exact) mass is 607 g/mol. The Labute approximate surface area is 267 Å². The lowest BCUT2D eigenvalue weighted by molar-refractivity contribution is 0.0867. The van der Waals surface area contributed by atoms with E-state index in [4.69, 9.17) is 5.73 Å². The Balaban J connectivity index is 1.31. The van der Waals surface area contributed by atoms with Crippen LogP contribution in [0.1, 0.15) is 85.6 Å². The molecule has 246 valence electrons. The fourth-order valence-corrected chi connectivity index (χ4v) is 8.50. The maximum atomic E-state index is 11.0. The number of aliphatic hydroxyl groups excluding tert-OH is 1. The lowest BCUT2D eigenvalue weighted by atomic mass is 9.70. The van der Waals surface area contributed by atoms with Gasteiger partial charge >= 0.3 is 0 Å². The van der Waals surface area contributed by atoms with Crippen molar-refractivity contribution in [2.24, 2.45) is 33.9 Å². The van der Waals surface area contributed by atoms with Crippen LogP contribution in [0.2, 0.25) is 0 Å². The van der Waals surface area contributed by atoms with Gasteiger partial charge in [-0.1, -0.05) is 65.0 Å². The van der Waals surface area contributed by atoms with Gasteiger partial charge in [-0.15, -0.1) is 0 Å². The number of aliphatic hydroxyl groups is 1. The molecule has 0 aromatic heterocycles. The molecule has 8 heteroatoms. The average Bonchev–Trinajstić information content (AvgIpc) is 3.67. The van der Waals surface area contributed by atoms with Gasteiger partial charge in [0.05, 0.1) is 24.7 Å². The Morgan fingerprint density at radius 2 is 1.68 bits per heavy atom. The van der Waals surface area contributed by atoms with E-state index in [9.17, 15) is 10.5 Å². The van der Waals surface area contributed by atoms with Crippen LogP contribution in [0.25, 0.3) is 0 Å². The van der Waals surface area contributed by atoms with Crippen LogP contribution < -0.4 is 5.73 Å². The zero-order chi connectivity index (χ0) is 31.6. The van der Waals surface area contributed by atoms with E-state index in [0.717, 1.165) is 45.1 Å². The quantitative estimate of drug-likeness (QED) is 0.332. The molecule has 1 saturated carbocycles. The van der Waals surface area contributed by atoms with E-state index in [0.29, 0.717) is 47.8 Å². The topological polar surface area (TPSA) is 95.4 Å². The van der Waals surface area contributed by atoms with Crippen LogP contribution in [0.3, 0.4) is 0 Å². The molecule has 0 amide bonds. The van der Waals surface area contributed by atoms with Gasteiger partial charge in [-0.2, -0.15) is 0 Å². The van der Waals surface area contributed by atoms with Crippen LogP contribution in [-0.4, -0.2) is 106 Å². The first-order valence-corrected chi connectivity index (χ1v) is 17.6. The summed E-state index contributed by atoms with van der Waals surface area (Å²) in [7, 11) is 0. The third-order valence-electron chi connectivity index (χ3n) is 11.4. The van der Waals surface area contributed by atoms with Crippen molar-refractivity contribution in [1.29, 1.82) is 5.41 Å². The molecule has 0 bridgehead atoms. The first-order chi connectivity index (χ1) is 20.9. The molecule has 1 aliphatic carbocycles. The molecule has 0 unspecified atom stereocenters. The minimum absolute atomic E-state index is 0.0390. The SMILES string of the molecule is CC(C)[C@@H]1CN=C(N)N1C[C@@H]1CCCN1C[C@@H](Cc1ccccc1)N1C[C@@H]([C@H](C)O)N(CC2CCC(C(C)(C)C)CC2)C1=N. The Hall–Kier alpha value is -2.32. The molecule has 1 aromatic rings. The molecule has 0 spiro atoms. The summed E-state index contributed by atoms with van der Waals surface area (Å²) in [4.78, 5) is 14.2. The molecular formula is C36H61N7O. The highest BCUT2D eigenvalue weighted by Gasteiger charge is 2.43. The molecule has 44 heavy (non-hydrogen) atoms.